The Morgan fingerprint density at radius 1 is 1.17 bits per heavy atom. The molecule has 0 radical (unpaired) electrons. The van der Waals surface area contributed by atoms with Crippen molar-refractivity contribution in [1.29, 1.82) is 0 Å². The van der Waals surface area contributed by atoms with Crippen LogP contribution in [0.5, 0.6) is 0 Å². The lowest BCUT2D eigenvalue weighted by Crippen LogP contribution is -2.42. The zero-order chi connectivity index (χ0) is 21.6. The Bertz CT molecular complexity index is 797. The van der Waals surface area contributed by atoms with Gasteiger partial charge in [0.1, 0.15) is 0 Å². The average molecular weight is 425 g/mol. The van der Waals surface area contributed by atoms with Gasteiger partial charge in [0, 0.05) is 19.1 Å². The second-order valence-corrected chi connectivity index (χ2v) is 10.1. The first-order chi connectivity index (χ1) is 13.6. The van der Waals surface area contributed by atoms with Crippen molar-refractivity contribution >= 4 is 21.9 Å². The fourth-order valence-corrected chi connectivity index (χ4v) is 5.43. The number of hydrogen-bond donors (Lipinski definition) is 1. The maximum Gasteiger partial charge on any atom is 0.338 e. The number of nitrogens with zero attached hydrogens (tertiary/aromatic N) is 1. The van der Waals surface area contributed by atoms with Crippen molar-refractivity contribution in [3.63, 3.8) is 0 Å². The van der Waals surface area contributed by atoms with Crippen LogP contribution in [0.1, 0.15) is 57.3 Å². The van der Waals surface area contributed by atoms with Crippen LogP contribution in [0.15, 0.2) is 29.2 Å². The Morgan fingerprint density at radius 2 is 1.76 bits per heavy atom. The Kier molecular flexibility index (Phi) is 8.22. The molecule has 1 saturated heterocycles. The molecule has 1 N–H and O–H groups in total. The zero-order valence-electron chi connectivity index (χ0n) is 17.7. The van der Waals surface area contributed by atoms with E-state index in [9.17, 15) is 18.0 Å². The lowest BCUT2D eigenvalue weighted by Gasteiger charge is -2.34. The third-order valence-corrected chi connectivity index (χ3v) is 6.87. The van der Waals surface area contributed by atoms with Crippen molar-refractivity contribution < 1.29 is 22.7 Å². The summed E-state index contributed by atoms with van der Waals surface area (Å²) in [6.07, 6.45) is 2.82. The summed E-state index contributed by atoms with van der Waals surface area (Å²) >= 11 is 0. The topological polar surface area (TPSA) is 92.8 Å². The molecule has 1 fully saturated rings. The number of piperidine rings is 1. The minimum absolute atomic E-state index is 0.0240. The van der Waals surface area contributed by atoms with Gasteiger partial charge < -0.3 is 10.1 Å². The molecular formula is C21H32N2O5S. The zero-order valence-corrected chi connectivity index (χ0v) is 18.5. The summed E-state index contributed by atoms with van der Waals surface area (Å²) < 4.78 is 32.3. The molecule has 3 atom stereocenters. The molecule has 0 saturated carbocycles. The van der Waals surface area contributed by atoms with Crippen molar-refractivity contribution in [2.24, 2.45) is 11.8 Å². The van der Waals surface area contributed by atoms with Crippen LogP contribution in [0, 0.1) is 11.8 Å². The Labute approximate surface area is 173 Å². The smallest absolute Gasteiger partial charge is 0.338 e. The Morgan fingerprint density at radius 3 is 2.31 bits per heavy atom. The number of benzene rings is 1. The molecule has 0 spiro atoms. The molecule has 7 nitrogen and oxygen atoms in total. The summed E-state index contributed by atoms with van der Waals surface area (Å²) in [6, 6.07) is 5.70. The molecule has 1 heterocycles. The lowest BCUT2D eigenvalue weighted by atomic mass is 9.94. The van der Waals surface area contributed by atoms with E-state index in [-0.39, 0.29) is 29.0 Å². The highest BCUT2D eigenvalue weighted by molar-refractivity contribution is 7.89. The molecule has 0 unspecified atom stereocenters. The van der Waals surface area contributed by atoms with Crippen LogP contribution in [0.25, 0.3) is 0 Å². The van der Waals surface area contributed by atoms with Gasteiger partial charge in [-0.25, -0.2) is 13.2 Å². The number of esters is 1. The van der Waals surface area contributed by atoms with Gasteiger partial charge in [0.2, 0.25) is 10.0 Å². The standard InChI is InChI=1S/C21H32N2O5S/c1-5-6-17(4)22-20(24)14-28-21(25)18-7-9-19(10-8-18)29(26,27)23-12-15(2)11-16(3)13-23/h7-10,15-17H,5-6,11-14H2,1-4H3,(H,22,24)/t15-,16+,17-/m1/s1. The highest BCUT2D eigenvalue weighted by atomic mass is 32.2. The molecule has 1 amide bonds. The van der Waals surface area contributed by atoms with Crippen molar-refractivity contribution in [2.45, 2.75) is 57.9 Å². The largest absolute Gasteiger partial charge is 0.452 e. The molecule has 0 aromatic heterocycles. The predicted molar refractivity (Wildman–Crippen MR) is 111 cm³/mol. The summed E-state index contributed by atoms with van der Waals surface area (Å²) in [5, 5.41) is 2.76. The van der Waals surface area contributed by atoms with Crippen LogP contribution in [0.2, 0.25) is 0 Å². The molecule has 0 bridgehead atoms. The normalized spacial score (nSPS) is 21.4. The summed E-state index contributed by atoms with van der Waals surface area (Å²) in [7, 11) is -3.60. The molecule has 1 aliphatic rings. The van der Waals surface area contributed by atoms with E-state index < -0.39 is 16.0 Å². The van der Waals surface area contributed by atoms with Gasteiger partial charge in [-0.2, -0.15) is 4.31 Å². The third kappa shape index (κ3) is 6.54. The van der Waals surface area contributed by atoms with Gasteiger partial charge in [-0.15, -0.1) is 0 Å². The van der Waals surface area contributed by atoms with E-state index in [1.165, 1.54) is 28.6 Å². The van der Waals surface area contributed by atoms with Crippen molar-refractivity contribution in [3.8, 4) is 0 Å². The van der Waals surface area contributed by atoms with E-state index in [1.807, 2.05) is 13.8 Å². The van der Waals surface area contributed by atoms with E-state index in [4.69, 9.17) is 4.74 Å². The second-order valence-electron chi connectivity index (χ2n) is 8.13. The quantitative estimate of drug-likeness (QED) is 0.648. The fraction of sp³-hybridized carbons (Fsp3) is 0.619. The number of nitrogens with one attached hydrogen (secondary N) is 1. The second kappa shape index (κ2) is 10.2. The minimum atomic E-state index is -3.60. The maximum atomic E-state index is 12.9. The van der Waals surface area contributed by atoms with E-state index in [0.29, 0.717) is 24.9 Å². The molecule has 0 aliphatic carbocycles. The van der Waals surface area contributed by atoms with Crippen molar-refractivity contribution in [3.05, 3.63) is 29.8 Å². The summed E-state index contributed by atoms with van der Waals surface area (Å²) in [4.78, 5) is 24.1. The SMILES string of the molecule is CCC[C@@H](C)NC(=O)COC(=O)c1ccc(S(=O)(=O)N2C[C@H](C)C[C@H](C)C2)cc1. The first-order valence-corrected chi connectivity index (χ1v) is 11.6. The molecule has 162 valence electrons. The molecule has 8 heteroatoms. The molecule has 2 rings (SSSR count). The van der Waals surface area contributed by atoms with E-state index >= 15 is 0 Å². The number of rotatable bonds is 8. The Balaban J connectivity index is 1.97. The van der Waals surface area contributed by atoms with Gasteiger partial charge in [0.05, 0.1) is 10.5 Å². The van der Waals surface area contributed by atoms with Gasteiger partial charge in [0.15, 0.2) is 6.61 Å². The molecule has 29 heavy (non-hydrogen) atoms. The fourth-order valence-electron chi connectivity index (χ4n) is 3.75. The average Bonchev–Trinajstić information content (AvgIpc) is 2.65. The number of sulfonamides is 1. The number of hydrogen-bond acceptors (Lipinski definition) is 5. The highest BCUT2D eigenvalue weighted by Gasteiger charge is 2.31. The van der Waals surface area contributed by atoms with Gasteiger partial charge >= 0.3 is 5.97 Å². The van der Waals surface area contributed by atoms with Gasteiger partial charge in [0.25, 0.3) is 5.91 Å². The van der Waals surface area contributed by atoms with Crippen LogP contribution in [-0.4, -0.2) is 50.3 Å². The van der Waals surface area contributed by atoms with E-state index in [1.54, 1.807) is 0 Å². The van der Waals surface area contributed by atoms with Crippen LogP contribution in [-0.2, 0) is 19.6 Å². The minimum Gasteiger partial charge on any atom is -0.452 e. The first-order valence-electron chi connectivity index (χ1n) is 10.2. The molecule has 1 aliphatic heterocycles. The van der Waals surface area contributed by atoms with Gasteiger partial charge in [-0.1, -0.05) is 27.2 Å². The van der Waals surface area contributed by atoms with Crippen LogP contribution in [0.4, 0.5) is 0 Å². The highest BCUT2D eigenvalue weighted by Crippen LogP contribution is 2.26. The molecular weight excluding hydrogens is 392 g/mol. The summed E-state index contributed by atoms with van der Waals surface area (Å²) in [6.45, 7) is 8.67. The van der Waals surface area contributed by atoms with E-state index in [0.717, 1.165) is 19.3 Å². The number of carbonyl (C=O) groups excluding carboxylic acids is 2. The van der Waals surface area contributed by atoms with Crippen LogP contribution in [0.3, 0.4) is 0 Å². The number of amides is 1. The van der Waals surface area contributed by atoms with Crippen molar-refractivity contribution in [1.82, 2.24) is 9.62 Å². The lowest BCUT2D eigenvalue weighted by molar-refractivity contribution is -0.124. The van der Waals surface area contributed by atoms with Crippen molar-refractivity contribution in [2.75, 3.05) is 19.7 Å². The van der Waals surface area contributed by atoms with Gasteiger partial charge in [-0.3, -0.25) is 4.79 Å². The van der Waals surface area contributed by atoms with Crippen LogP contribution < -0.4 is 5.32 Å². The van der Waals surface area contributed by atoms with Crippen LogP contribution >= 0.6 is 0 Å². The summed E-state index contributed by atoms with van der Waals surface area (Å²) in [5.41, 5.74) is 0.207. The first kappa shape index (κ1) is 23.3. The predicted octanol–water partition coefficient (Wildman–Crippen LogP) is 2.81. The molecule has 1 aromatic carbocycles. The molecule has 1 aromatic rings. The van der Waals surface area contributed by atoms with E-state index in [2.05, 4.69) is 19.2 Å². The third-order valence-electron chi connectivity index (χ3n) is 5.03. The summed E-state index contributed by atoms with van der Waals surface area (Å²) in [5.74, 6) is -0.387. The number of carbonyl (C=O) groups is 2. The maximum absolute atomic E-state index is 12.9. The van der Waals surface area contributed by atoms with Gasteiger partial charge in [-0.05, 0) is 55.9 Å². The number of ether oxygens (including phenoxy) is 1. The Hall–Kier alpha value is -1.93. The monoisotopic (exact) mass is 424 g/mol.